The lowest BCUT2D eigenvalue weighted by atomic mass is 9.93. The minimum Gasteiger partial charge on any atom is -0.413 e. The summed E-state index contributed by atoms with van der Waals surface area (Å²) in [5.41, 5.74) is 0. The first-order chi connectivity index (χ1) is 11.1. The van der Waals surface area contributed by atoms with E-state index in [9.17, 15) is 9.59 Å². The molecule has 0 saturated carbocycles. The van der Waals surface area contributed by atoms with Crippen molar-refractivity contribution in [3.8, 4) is 0 Å². The molecule has 2 saturated heterocycles. The van der Waals surface area contributed by atoms with Crippen LogP contribution in [-0.2, 0) is 18.8 Å². The van der Waals surface area contributed by atoms with Crippen molar-refractivity contribution in [2.24, 2.45) is 5.92 Å². The molecule has 2 aliphatic rings. The van der Waals surface area contributed by atoms with Crippen molar-refractivity contribution in [1.82, 2.24) is 5.32 Å². The number of rotatable bonds is 6. The predicted molar refractivity (Wildman–Crippen MR) is 99.4 cm³/mol. The van der Waals surface area contributed by atoms with E-state index in [1.54, 1.807) is 0 Å². The number of thioether (sulfide) groups is 1. The molecule has 0 radical (unpaired) electrons. The number of hydrogen-bond acceptors (Lipinski definition) is 5. The van der Waals surface area contributed by atoms with Gasteiger partial charge >= 0.3 is 0 Å². The smallest absolute Gasteiger partial charge is 0.229 e. The first-order valence-electron chi connectivity index (χ1n) is 8.87. The molecule has 2 heterocycles. The molecule has 0 unspecified atom stereocenters. The zero-order valence-corrected chi connectivity index (χ0v) is 17.5. The maximum absolute atomic E-state index is 12.3. The third-order valence-electron chi connectivity index (χ3n) is 5.40. The Hall–Kier alpha value is -0.373. The van der Waals surface area contributed by atoms with E-state index in [0.29, 0.717) is 6.61 Å². The van der Waals surface area contributed by atoms with Crippen molar-refractivity contribution >= 4 is 31.1 Å². The molecule has 5 nitrogen and oxygen atoms in total. The summed E-state index contributed by atoms with van der Waals surface area (Å²) in [6.45, 7) is 13.7. The number of amides is 1. The minimum absolute atomic E-state index is 0.00167. The molecule has 7 heteroatoms. The minimum atomic E-state index is -1.96. The fourth-order valence-electron chi connectivity index (χ4n) is 2.76. The molecule has 0 bridgehead atoms. The van der Waals surface area contributed by atoms with E-state index in [4.69, 9.17) is 9.16 Å². The standard InChI is InChI=1S/C17H31NO4SSi/c1-7-11(22-24(5,6)17(2,3)4)13-14(19)18-15(13)23-16(20)12-9-8-10-21-12/h11-13,15H,7-10H2,1-6H3,(H,18,19)/t11-,12-,13+,15-/m1/s1. The van der Waals surface area contributed by atoms with Crippen LogP contribution in [-0.4, -0.2) is 43.5 Å². The number of β-lactam (4-membered cyclic amide) rings is 1. The van der Waals surface area contributed by atoms with Gasteiger partial charge < -0.3 is 14.5 Å². The van der Waals surface area contributed by atoms with Gasteiger partial charge in [-0.2, -0.15) is 0 Å². The highest BCUT2D eigenvalue weighted by Crippen LogP contribution is 2.41. The van der Waals surface area contributed by atoms with Crippen molar-refractivity contribution in [3.05, 3.63) is 0 Å². The van der Waals surface area contributed by atoms with Gasteiger partial charge in [0.25, 0.3) is 0 Å². The van der Waals surface area contributed by atoms with Gasteiger partial charge in [0.2, 0.25) is 11.0 Å². The van der Waals surface area contributed by atoms with E-state index in [2.05, 4.69) is 39.2 Å². The molecule has 2 rings (SSSR count). The maximum atomic E-state index is 12.3. The third-order valence-corrected chi connectivity index (χ3v) is 11.1. The average molecular weight is 374 g/mol. The number of carbonyl (C=O) groups is 2. The molecule has 0 aliphatic carbocycles. The van der Waals surface area contributed by atoms with Crippen LogP contribution in [0.1, 0.15) is 47.0 Å². The van der Waals surface area contributed by atoms with Crippen LogP contribution in [0.3, 0.4) is 0 Å². The Balaban J connectivity index is 2.01. The molecular formula is C17H31NO4SSi. The number of nitrogens with one attached hydrogen (secondary N) is 1. The van der Waals surface area contributed by atoms with Crippen LogP contribution in [0.25, 0.3) is 0 Å². The molecule has 0 aromatic rings. The lowest BCUT2D eigenvalue weighted by molar-refractivity contribution is -0.137. The van der Waals surface area contributed by atoms with Gasteiger partial charge in [0, 0.05) is 6.61 Å². The highest BCUT2D eigenvalue weighted by Gasteiger charge is 2.49. The van der Waals surface area contributed by atoms with Crippen molar-refractivity contribution in [1.29, 1.82) is 0 Å². The second kappa shape index (κ2) is 7.48. The largest absolute Gasteiger partial charge is 0.413 e. The molecular weight excluding hydrogens is 342 g/mol. The Morgan fingerprint density at radius 2 is 2.12 bits per heavy atom. The lowest BCUT2D eigenvalue weighted by Crippen LogP contribution is -2.63. The Kier molecular flexibility index (Phi) is 6.21. The summed E-state index contributed by atoms with van der Waals surface area (Å²) < 4.78 is 11.9. The summed E-state index contributed by atoms with van der Waals surface area (Å²) in [5.74, 6) is -0.252. The fourth-order valence-corrected chi connectivity index (χ4v) is 5.40. The summed E-state index contributed by atoms with van der Waals surface area (Å²) in [7, 11) is -1.96. The van der Waals surface area contributed by atoms with Crippen LogP contribution in [0.4, 0.5) is 0 Å². The zero-order chi connectivity index (χ0) is 18.1. The molecule has 138 valence electrons. The summed E-state index contributed by atoms with van der Waals surface area (Å²) in [6.07, 6.45) is 2.05. The number of carbonyl (C=O) groups excluding carboxylic acids is 2. The quantitative estimate of drug-likeness (QED) is 0.572. The van der Waals surface area contributed by atoms with Crippen molar-refractivity contribution < 1.29 is 18.8 Å². The summed E-state index contributed by atoms with van der Waals surface area (Å²) >= 11 is 1.21. The molecule has 24 heavy (non-hydrogen) atoms. The molecule has 0 spiro atoms. The van der Waals surface area contributed by atoms with E-state index in [-0.39, 0.29) is 39.6 Å². The number of hydrogen-bond donors (Lipinski definition) is 1. The highest BCUT2D eigenvalue weighted by molar-refractivity contribution is 8.14. The second-order valence-electron chi connectivity index (χ2n) is 8.22. The average Bonchev–Trinajstić information content (AvgIpc) is 2.98. The monoisotopic (exact) mass is 373 g/mol. The van der Waals surface area contributed by atoms with Gasteiger partial charge in [-0.3, -0.25) is 9.59 Å². The lowest BCUT2D eigenvalue weighted by Gasteiger charge is -2.45. The van der Waals surface area contributed by atoms with E-state index in [1.165, 1.54) is 11.8 Å². The molecule has 0 aromatic heterocycles. The Morgan fingerprint density at radius 1 is 1.46 bits per heavy atom. The Labute approximate surface area is 150 Å². The molecule has 2 aliphatic heterocycles. The first-order valence-corrected chi connectivity index (χ1v) is 12.7. The molecule has 1 amide bonds. The summed E-state index contributed by atoms with van der Waals surface area (Å²) in [5, 5.41) is 2.80. The molecule has 2 fully saturated rings. The highest BCUT2D eigenvalue weighted by atomic mass is 32.2. The van der Waals surface area contributed by atoms with Gasteiger partial charge in [-0.1, -0.05) is 39.5 Å². The van der Waals surface area contributed by atoms with Gasteiger partial charge in [-0.05, 0) is 37.4 Å². The van der Waals surface area contributed by atoms with E-state index >= 15 is 0 Å². The van der Waals surface area contributed by atoms with Gasteiger partial charge in [0.1, 0.15) is 6.10 Å². The zero-order valence-electron chi connectivity index (χ0n) is 15.7. The van der Waals surface area contributed by atoms with Crippen LogP contribution in [0.2, 0.25) is 18.1 Å². The number of ether oxygens (including phenoxy) is 1. The van der Waals surface area contributed by atoms with E-state index < -0.39 is 8.32 Å². The van der Waals surface area contributed by atoms with Crippen LogP contribution in [0.15, 0.2) is 0 Å². The predicted octanol–water partition coefficient (Wildman–Crippen LogP) is 3.30. The van der Waals surface area contributed by atoms with Crippen molar-refractivity contribution in [2.75, 3.05) is 6.61 Å². The van der Waals surface area contributed by atoms with Gasteiger partial charge in [0.05, 0.1) is 17.4 Å². The Bertz CT molecular complexity index is 485. The van der Waals surface area contributed by atoms with Crippen LogP contribution < -0.4 is 5.32 Å². The van der Waals surface area contributed by atoms with Gasteiger partial charge in [-0.25, -0.2) is 0 Å². The van der Waals surface area contributed by atoms with Gasteiger partial charge in [0.15, 0.2) is 8.32 Å². The normalized spacial score (nSPS) is 29.1. The topological polar surface area (TPSA) is 64.6 Å². The first kappa shape index (κ1) is 19.9. The van der Waals surface area contributed by atoms with E-state index in [0.717, 1.165) is 19.3 Å². The SMILES string of the molecule is CC[C@@H](O[Si](C)(C)C(C)(C)C)[C@H]1C(=O)N[C@@H]1SC(=O)[C@H]1CCCO1. The van der Waals surface area contributed by atoms with Crippen LogP contribution >= 0.6 is 11.8 Å². The second-order valence-corrected chi connectivity index (χ2v) is 14.1. The summed E-state index contributed by atoms with van der Waals surface area (Å²) in [6, 6.07) is 0. The maximum Gasteiger partial charge on any atom is 0.229 e. The van der Waals surface area contributed by atoms with Crippen LogP contribution in [0, 0.1) is 5.92 Å². The fraction of sp³-hybridized carbons (Fsp3) is 0.882. The molecule has 0 aromatic carbocycles. The van der Waals surface area contributed by atoms with Crippen LogP contribution in [0.5, 0.6) is 0 Å². The molecule has 4 atom stereocenters. The third kappa shape index (κ3) is 4.23. The van der Waals surface area contributed by atoms with E-state index in [1.807, 2.05) is 6.92 Å². The Morgan fingerprint density at radius 3 is 2.58 bits per heavy atom. The van der Waals surface area contributed by atoms with Crippen molar-refractivity contribution in [2.45, 2.75) is 82.7 Å². The molecule has 1 N–H and O–H groups in total. The van der Waals surface area contributed by atoms with Crippen molar-refractivity contribution in [3.63, 3.8) is 0 Å². The van der Waals surface area contributed by atoms with Gasteiger partial charge in [-0.15, -0.1) is 0 Å². The summed E-state index contributed by atoms with van der Waals surface area (Å²) in [4.78, 5) is 24.5.